The van der Waals surface area contributed by atoms with Crippen LogP contribution in [0.1, 0.15) is 40.0 Å². The van der Waals surface area contributed by atoms with Crippen LogP contribution in [0.25, 0.3) is 0 Å². The van der Waals surface area contributed by atoms with Crippen molar-refractivity contribution in [2.45, 2.75) is 40.0 Å². The Morgan fingerprint density at radius 1 is 1.39 bits per heavy atom. The van der Waals surface area contributed by atoms with Gasteiger partial charge in [-0.3, -0.25) is 4.79 Å². The highest BCUT2D eigenvalue weighted by Gasteiger charge is 2.32. The van der Waals surface area contributed by atoms with Gasteiger partial charge in [-0.15, -0.1) is 0 Å². The van der Waals surface area contributed by atoms with Gasteiger partial charge >= 0.3 is 5.97 Å². The zero-order valence-electron chi connectivity index (χ0n) is 11.3. The molecular formula is C12H23NO4S. The Kier molecular flexibility index (Phi) is 4.78. The molecule has 106 valence electrons. The smallest absolute Gasteiger partial charge is 0.307 e. The molecule has 0 spiro atoms. The molecule has 1 atom stereocenters. The van der Waals surface area contributed by atoms with E-state index in [1.807, 2.05) is 20.8 Å². The predicted octanol–water partition coefficient (Wildman–Crippen LogP) is 1.55. The minimum Gasteiger partial charge on any atom is -0.481 e. The summed E-state index contributed by atoms with van der Waals surface area (Å²) in [6, 6.07) is 0. The molecule has 1 heterocycles. The topological polar surface area (TPSA) is 74.7 Å². The van der Waals surface area contributed by atoms with Gasteiger partial charge < -0.3 is 5.11 Å². The molecule has 1 unspecified atom stereocenters. The Morgan fingerprint density at radius 3 is 2.50 bits per heavy atom. The number of hydrogen-bond acceptors (Lipinski definition) is 3. The average Bonchev–Trinajstić information content (AvgIpc) is 2.26. The highest BCUT2D eigenvalue weighted by atomic mass is 32.2. The van der Waals surface area contributed by atoms with Gasteiger partial charge in [0.25, 0.3) is 0 Å². The lowest BCUT2D eigenvalue weighted by atomic mass is 9.94. The van der Waals surface area contributed by atoms with Crippen molar-refractivity contribution in [3.63, 3.8) is 0 Å². The molecule has 1 rings (SSSR count). The van der Waals surface area contributed by atoms with Crippen LogP contribution in [-0.4, -0.2) is 42.6 Å². The van der Waals surface area contributed by atoms with Crippen LogP contribution in [0.3, 0.4) is 0 Å². The number of nitrogens with zero attached hydrogens (tertiary/aromatic N) is 1. The molecule has 0 aromatic carbocycles. The summed E-state index contributed by atoms with van der Waals surface area (Å²) in [5, 5.41) is 8.96. The lowest BCUT2D eigenvalue weighted by molar-refractivity contribution is -0.142. The second-order valence-corrected chi connectivity index (χ2v) is 8.25. The van der Waals surface area contributed by atoms with E-state index in [1.165, 1.54) is 4.31 Å². The summed E-state index contributed by atoms with van der Waals surface area (Å²) >= 11 is 0. The van der Waals surface area contributed by atoms with Crippen LogP contribution in [0.2, 0.25) is 0 Å². The van der Waals surface area contributed by atoms with Gasteiger partial charge in [-0.25, -0.2) is 12.7 Å². The minimum absolute atomic E-state index is 0.0327. The molecule has 1 N–H and O–H groups in total. The number of carboxylic acid groups (broad SMARTS) is 1. The van der Waals surface area contributed by atoms with Gasteiger partial charge in [-0.05, 0) is 24.7 Å². The Morgan fingerprint density at radius 2 is 2.00 bits per heavy atom. The number of rotatable bonds is 4. The first-order valence-electron chi connectivity index (χ1n) is 6.32. The Hall–Kier alpha value is -0.620. The van der Waals surface area contributed by atoms with Gasteiger partial charge in [-0.2, -0.15) is 0 Å². The van der Waals surface area contributed by atoms with Crippen molar-refractivity contribution in [3.05, 3.63) is 0 Å². The summed E-state index contributed by atoms with van der Waals surface area (Å²) in [6.07, 6.45) is 1.79. The van der Waals surface area contributed by atoms with Crippen molar-refractivity contribution >= 4 is 16.0 Å². The Balaban J connectivity index is 2.64. The second-order valence-electron chi connectivity index (χ2n) is 6.16. The largest absolute Gasteiger partial charge is 0.481 e. The first-order valence-corrected chi connectivity index (χ1v) is 7.93. The van der Waals surface area contributed by atoms with Crippen molar-refractivity contribution < 1.29 is 18.3 Å². The zero-order valence-corrected chi connectivity index (χ0v) is 12.2. The van der Waals surface area contributed by atoms with Gasteiger partial charge in [-0.1, -0.05) is 20.8 Å². The maximum absolute atomic E-state index is 12.1. The van der Waals surface area contributed by atoms with Crippen molar-refractivity contribution in [2.24, 2.45) is 11.3 Å². The molecule has 0 radical (unpaired) electrons. The van der Waals surface area contributed by atoms with Crippen molar-refractivity contribution in [1.82, 2.24) is 4.31 Å². The average molecular weight is 277 g/mol. The van der Waals surface area contributed by atoms with E-state index < -0.39 is 21.9 Å². The van der Waals surface area contributed by atoms with Crippen LogP contribution < -0.4 is 0 Å². The maximum Gasteiger partial charge on any atom is 0.307 e. The third kappa shape index (κ3) is 4.57. The third-order valence-electron chi connectivity index (χ3n) is 3.24. The summed E-state index contributed by atoms with van der Waals surface area (Å²) in [4.78, 5) is 10.9. The normalized spacial score (nSPS) is 22.9. The maximum atomic E-state index is 12.1. The molecule has 1 saturated heterocycles. The number of carboxylic acids is 1. The Bertz CT molecular complexity index is 397. The van der Waals surface area contributed by atoms with Crippen LogP contribution in [-0.2, 0) is 14.8 Å². The van der Waals surface area contributed by atoms with Crippen LogP contribution in [0.4, 0.5) is 0 Å². The second kappa shape index (κ2) is 5.57. The summed E-state index contributed by atoms with van der Waals surface area (Å²) in [5.41, 5.74) is -0.0327. The molecule has 0 amide bonds. The highest BCUT2D eigenvalue weighted by Crippen LogP contribution is 2.23. The van der Waals surface area contributed by atoms with Crippen molar-refractivity contribution in [1.29, 1.82) is 0 Å². The molecule has 1 aliphatic heterocycles. The lowest BCUT2D eigenvalue weighted by Crippen LogP contribution is -2.43. The standard InChI is InChI=1S/C12H23NO4S/c1-12(2,3)6-8-18(16,17)13-7-4-5-10(9-13)11(14)15/h10H,4-9H2,1-3H3,(H,14,15). The summed E-state index contributed by atoms with van der Waals surface area (Å²) in [5.74, 6) is -1.35. The molecule has 5 nitrogen and oxygen atoms in total. The molecule has 18 heavy (non-hydrogen) atoms. The summed E-state index contributed by atoms with van der Waals surface area (Å²) in [7, 11) is -3.31. The molecule has 6 heteroatoms. The van der Waals surface area contributed by atoms with Gasteiger partial charge in [0.1, 0.15) is 0 Å². The van der Waals surface area contributed by atoms with Gasteiger partial charge in [0.2, 0.25) is 10.0 Å². The van der Waals surface area contributed by atoms with E-state index in [0.29, 0.717) is 25.8 Å². The molecule has 1 fully saturated rings. The van der Waals surface area contributed by atoms with E-state index in [4.69, 9.17) is 5.11 Å². The summed E-state index contributed by atoms with van der Waals surface area (Å²) < 4.78 is 25.6. The molecule has 0 aliphatic carbocycles. The number of aliphatic carboxylic acids is 1. The third-order valence-corrected chi connectivity index (χ3v) is 5.08. The molecule has 0 saturated carbocycles. The Labute approximate surface area is 109 Å². The fourth-order valence-corrected chi connectivity index (χ4v) is 3.90. The molecule has 1 aliphatic rings. The first-order chi connectivity index (χ1) is 8.12. The molecule has 0 aromatic heterocycles. The predicted molar refractivity (Wildman–Crippen MR) is 69.8 cm³/mol. The summed E-state index contributed by atoms with van der Waals surface area (Å²) in [6.45, 7) is 6.58. The first kappa shape index (κ1) is 15.4. The SMILES string of the molecule is CC(C)(C)CCS(=O)(=O)N1CCCC(C(=O)O)C1. The van der Waals surface area contributed by atoms with Crippen LogP contribution in [0.5, 0.6) is 0 Å². The van der Waals surface area contributed by atoms with Crippen molar-refractivity contribution in [2.75, 3.05) is 18.8 Å². The van der Waals surface area contributed by atoms with Crippen LogP contribution in [0, 0.1) is 11.3 Å². The van der Waals surface area contributed by atoms with Gasteiger partial charge in [0.15, 0.2) is 0 Å². The quantitative estimate of drug-likeness (QED) is 0.846. The van der Waals surface area contributed by atoms with E-state index in [-0.39, 0.29) is 17.7 Å². The van der Waals surface area contributed by atoms with Crippen LogP contribution >= 0.6 is 0 Å². The van der Waals surface area contributed by atoms with E-state index in [1.54, 1.807) is 0 Å². The van der Waals surface area contributed by atoms with E-state index in [2.05, 4.69) is 0 Å². The van der Waals surface area contributed by atoms with E-state index in [0.717, 1.165) is 0 Å². The van der Waals surface area contributed by atoms with Gasteiger partial charge in [0.05, 0.1) is 11.7 Å². The minimum atomic E-state index is -3.31. The zero-order chi connectivity index (χ0) is 14.0. The van der Waals surface area contributed by atoms with Gasteiger partial charge in [0, 0.05) is 13.1 Å². The molecular weight excluding hydrogens is 254 g/mol. The number of piperidine rings is 1. The lowest BCUT2D eigenvalue weighted by Gasteiger charge is -2.30. The fraction of sp³-hybridized carbons (Fsp3) is 0.917. The highest BCUT2D eigenvalue weighted by molar-refractivity contribution is 7.89. The number of sulfonamides is 1. The van der Waals surface area contributed by atoms with E-state index >= 15 is 0 Å². The number of carbonyl (C=O) groups is 1. The van der Waals surface area contributed by atoms with E-state index in [9.17, 15) is 13.2 Å². The fourth-order valence-electron chi connectivity index (χ4n) is 1.96. The number of hydrogen-bond donors (Lipinski definition) is 1. The monoisotopic (exact) mass is 277 g/mol. The molecule has 0 bridgehead atoms. The van der Waals surface area contributed by atoms with Crippen LogP contribution in [0.15, 0.2) is 0 Å². The van der Waals surface area contributed by atoms with Crippen molar-refractivity contribution in [3.8, 4) is 0 Å². The molecule has 0 aromatic rings.